The van der Waals surface area contributed by atoms with E-state index in [4.69, 9.17) is 9.84 Å². The maximum absolute atomic E-state index is 11.9. The molecule has 0 aliphatic heterocycles. The van der Waals surface area contributed by atoms with Crippen LogP contribution in [0.15, 0.2) is 27.8 Å². The average Bonchev–Trinajstić information content (AvgIpc) is 2.44. The number of carbonyl (C=O) groups is 1. The Balaban J connectivity index is 2.56. The lowest BCUT2D eigenvalue weighted by Crippen LogP contribution is -2.38. The minimum Gasteiger partial charge on any atom is -0.478 e. The van der Waals surface area contributed by atoms with E-state index in [0.717, 1.165) is 9.25 Å². The smallest absolute Gasteiger partial charge is 0.347 e. The number of hydrogen-bond donors (Lipinski definition) is 1. The van der Waals surface area contributed by atoms with Crippen LogP contribution in [0, 0.1) is 3.57 Å². The number of aromatic nitrogens is 3. The lowest BCUT2D eigenvalue weighted by Gasteiger charge is -2.09. The van der Waals surface area contributed by atoms with Crippen LogP contribution in [0.2, 0.25) is 0 Å². The van der Waals surface area contributed by atoms with Gasteiger partial charge in [-0.3, -0.25) is 9.36 Å². The highest BCUT2D eigenvalue weighted by molar-refractivity contribution is 14.1. The Labute approximate surface area is 131 Å². The molecule has 0 amide bonds. The summed E-state index contributed by atoms with van der Waals surface area (Å²) >= 11 is 1.96. The molecule has 0 spiro atoms. The van der Waals surface area contributed by atoms with E-state index in [-0.39, 0.29) is 17.2 Å². The number of aryl methyl sites for hydroxylation is 1. The van der Waals surface area contributed by atoms with Gasteiger partial charge < -0.3 is 9.84 Å². The fourth-order valence-electron chi connectivity index (χ4n) is 1.60. The SMILES string of the molecule is Cn1nc(Oc2ccc(I)cc2C(=O)O)c(=O)n(C)c1=O. The molecule has 8 nitrogen and oxygen atoms in total. The molecule has 0 bridgehead atoms. The zero-order valence-corrected chi connectivity index (χ0v) is 13.2. The van der Waals surface area contributed by atoms with Crippen LogP contribution in [0.4, 0.5) is 0 Å². The molecule has 0 atom stereocenters. The highest BCUT2D eigenvalue weighted by atomic mass is 127. The second kappa shape index (κ2) is 5.68. The molecule has 0 saturated heterocycles. The lowest BCUT2D eigenvalue weighted by atomic mass is 10.2. The Kier molecular flexibility index (Phi) is 4.11. The Morgan fingerprint density at radius 3 is 2.62 bits per heavy atom. The van der Waals surface area contributed by atoms with Crippen molar-refractivity contribution in [2.45, 2.75) is 0 Å². The molecule has 0 aliphatic carbocycles. The maximum atomic E-state index is 11.9. The molecule has 0 saturated carbocycles. The van der Waals surface area contributed by atoms with Crippen molar-refractivity contribution in [2.75, 3.05) is 0 Å². The molecule has 0 fully saturated rings. The third-order valence-electron chi connectivity index (χ3n) is 2.67. The zero-order chi connectivity index (χ0) is 15.7. The highest BCUT2D eigenvalue weighted by Crippen LogP contribution is 2.24. The zero-order valence-electron chi connectivity index (χ0n) is 11.0. The second-order valence-electron chi connectivity index (χ2n) is 4.12. The summed E-state index contributed by atoms with van der Waals surface area (Å²) in [6, 6.07) is 4.47. The van der Waals surface area contributed by atoms with E-state index < -0.39 is 17.2 Å². The number of aromatic carboxylic acids is 1. The summed E-state index contributed by atoms with van der Waals surface area (Å²) in [5.74, 6) is -1.58. The standard InChI is InChI=1S/C12H10IN3O5/c1-15-10(17)9(14-16(2)12(15)20)21-8-4-3-6(13)5-7(8)11(18)19/h3-5H,1-2H3,(H,18,19). The summed E-state index contributed by atoms with van der Waals surface area (Å²) in [4.78, 5) is 34.6. The van der Waals surface area contributed by atoms with Gasteiger partial charge in [0.05, 0.1) is 0 Å². The molecule has 1 heterocycles. The molecule has 9 heteroatoms. The van der Waals surface area contributed by atoms with Crippen molar-refractivity contribution in [2.24, 2.45) is 14.1 Å². The summed E-state index contributed by atoms with van der Waals surface area (Å²) in [7, 11) is 2.64. The van der Waals surface area contributed by atoms with Crippen molar-refractivity contribution < 1.29 is 14.6 Å². The minimum atomic E-state index is -1.19. The van der Waals surface area contributed by atoms with Crippen molar-refractivity contribution >= 4 is 28.6 Å². The van der Waals surface area contributed by atoms with E-state index >= 15 is 0 Å². The molecule has 0 radical (unpaired) electrons. The highest BCUT2D eigenvalue weighted by Gasteiger charge is 2.16. The van der Waals surface area contributed by atoms with Crippen LogP contribution >= 0.6 is 22.6 Å². The molecular formula is C12H10IN3O5. The van der Waals surface area contributed by atoms with Crippen molar-refractivity contribution in [3.63, 3.8) is 0 Å². The fourth-order valence-corrected chi connectivity index (χ4v) is 2.09. The van der Waals surface area contributed by atoms with Gasteiger partial charge in [0.15, 0.2) is 0 Å². The Hall–Kier alpha value is -2.17. The quantitative estimate of drug-likeness (QED) is 0.752. The lowest BCUT2D eigenvalue weighted by molar-refractivity contribution is 0.0694. The van der Waals surface area contributed by atoms with E-state index in [2.05, 4.69) is 5.10 Å². The summed E-state index contributed by atoms with van der Waals surface area (Å²) in [6.45, 7) is 0. The Bertz CT molecular complexity index is 840. The molecule has 0 unspecified atom stereocenters. The van der Waals surface area contributed by atoms with Crippen molar-refractivity contribution in [3.8, 4) is 11.6 Å². The van der Waals surface area contributed by atoms with Gasteiger partial charge in [0.2, 0.25) is 0 Å². The molecule has 2 aromatic rings. The average molecular weight is 403 g/mol. The molecule has 1 aromatic carbocycles. The first kappa shape index (κ1) is 15.2. The molecule has 1 N–H and O–H groups in total. The van der Waals surface area contributed by atoms with Gasteiger partial charge in [-0.05, 0) is 40.8 Å². The van der Waals surface area contributed by atoms with E-state index in [1.54, 1.807) is 6.07 Å². The number of nitrogens with zero attached hydrogens (tertiary/aromatic N) is 3. The van der Waals surface area contributed by atoms with Gasteiger partial charge in [-0.25, -0.2) is 14.3 Å². The monoisotopic (exact) mass is 403 g/mol. The third kappa shape index (κ3) is 2.96. The largest absolute Gasteiger partial charge is 0.478 e. The number of ether oxygens (including phenoxy) is 1. The van der Waals surface area contributed by atoms with Gasteiger partial charge in [0.1, 0.15) is 11.3 Å². The Morgan fingerprint density at radius 2 is 2.00 bits per heavy atom. The summed E-state index contributed by atoms with van der Waals surface area (Å²) in [5, 5.41) is 12.9. The van der Waals surface area contributed by atoms with Crippen LogP contribution in [-0.4, -0.2) is 25.4 Å². The normalized spacial score (nSPS) is 10.4. The van der Waals surface area contributed by atoms with Crippen LogP contribution in [0.3, 0.4) is 0 Å². The molecule has 1 aromatic heterocycles. The van der Waals surface area contributed by atoms with E-state index in [9.17, 15) is 14.4 Å². The van der Waals surface area contributed by atoms with Gasteiger partial charge in [-0.2, -0.15) is 0 Å². The molecule has 2 rings (SSSR count). The van der Waals surface area contributed by atoms with E-state index in [1.807, 2.05) is 22.6 Å². The number of rotatable bonds is 3. The predicted octanol–water partition coefficient (Wildman–Crippen LogP) is 0.574. The van der Waals surface area contributed by atoms with E-state index in [0.29, 0.717) is 3.57 Å². The first-order chi connectivity index (χ1) is 9.81. The van der Waals surface area contributed by atoms with Crippen LogP contribution in [0.5, 0.6) is 11.6 Å². The van der Waals surface area contributed by atoms with Crippen LogP contribution in [0.25, 0.3) is 0 Å². The molecule has 21 heavy (non-hydrogen) atoms. The Morgan fingerprint density at radius 1 is 1.33 bits per heavy atom. The number of carboxylic acid groups (broad SMARTS) is 1. The molecular weight excluding hydrogens is 393 g/mol. The summed E-state index contributed by atoms with van der Waals surface area (Å²) in [5.41, 5.74) is -1.44. The number of benzene rings is 1. The fraction of sp³-hybridized carbons (Fsp3) is 0.167. The number of carboxylic acids is 1. The van der Waals surface area contributed by atoms with Crippen LogP contribution in [-0.2, 0) is 14.1 Å². The van der Waals surface area contributed by atoms with Crippen LogP contribution in [0.1, 0.15) is 10.4 Å². The predicted molar refractivity (Wildman–Crippen MR) is 80.9 cm³/mol. The first-order valence-corrected chi connectivity index (χ1v) is 6.74. The van der Waals surface area contributed by atoms with Gasteiger partial charge >= 0.3 is 23.1 Å². The van der Waals surface area contributed by atoms with Gasteiger partial charge in [0.25, 0.3) is 0 Å². The summed E-state index contributed by atoms with van der Waals surface area (Å²) in [6.07, 6.45) is 0. The van der Waals surface area contributed by atoms with Gasteiger partial charge in [0, 0.05) is 17.7 Å². The van der Waals surface area contributed by atoms with Crippen molar-refractivity contribution in [3.05, 3.63) is 48.2 Å². The van der Waals surface area contributed by atoms with Gasteiger partial charge in [-0.1, -0.05) is 0 Å². The van der Waals surface area contributed by atoms with Crippen molar-refractivity contribution in [1.82, 2.24) is 14.3 Å². The number of halogens is 1. The maximum Gasteiger partial charge on any atom is 0.347 e. The summed E-state index contributed by atoms with van der Waals surface area (Å²) < 4.78 is 7.76. The minimum absolute atomic E-state index is 0.0221. The van der Waals surface area contributed by atoms with Gasteiger partial charge in [-0.15, -0.1) is 5.10 Å². The van der Waals surface area contributed by atoms with Crippen LogP contribution < -0.4 is 16.0 Å². The molecule has 110 valence electrons. The van der Waals surface area contributed by atoms with E-state index in [1.165, 1.54) is 26.2 Å². The topological polar surface area (TPSA) is 103 Å². The second-order valence-corrected chi connectivity index (χ2v) is 5.37. The third-order valence-corrected chi connectivity index (χ3v) is 3.34. The molecule has 0 aliphatic rings. The number of hydrogen-bond acceptors (Lipinski definition) is 5. The first-order valence-electron chi connectivity index (χ1n) is 5.66. The van der Waals surface area contributed by atoms with Crippen molar-refractivity contribution in [1.29, 1.82) is 0 Å².